The molecule has 1 aliphatic heterocycles. The molecule has 1 fully saturated rings. The van der Waals surface area contributed by atoms with Gasteiger partial charge in [-0.1, -0.05) is 6.07 Å². The summed E-state index contributed by atoms with van der Waals surface area (Å²) in [5.74, 6) is -0.884. The molecule has 0 aliphatic carbocycles. The molecule has 158 valence electrons. The number of aromatic nitrogens is 5. The molecule has 11 heteroatoms. The van der Waals surface area contributed by atoms with Crippen molar-refractivity contribution in [2.24, 2.45) is 5.92 Å². The number of nitrogens with one attached hydrogen (secondary N) is 1. The number of piperidine rings is 1. The van der Waals surface area contributed by atoms with Crippen LogP contribution >= 0.6 is 0 Å². The van der Waals surface area contributed by atoms with Gasteiger partial charge in [0.15, 0.2) is 5.65 Å². The second-order valence-corrected chi connectivity index (χ2v) is 7.11. The van der Waals surface area contributed by atoms with Crippen molar-refractivity contribution in [1.29, 1.82) is 0 Å². The van der Waals surface area contributed by atoms with Gasteiger partial charge in [-0.2, -0.15) is 17.7 Å². The Kier molecular flexibility index (Phi) is 5.51. The Labute approximate surface area is 170 Å². The highest BCUT2D eigenvalue weighted by atomic mass is 19.4. The van der Waals surface area contributed by atoms with Crippen LogP contribution < -0.4 is 10.2 Å². The maximum absolute atomic E-state index is 13.1. The van der Waals surface area contributed by atoms with Crippen molar-refractivity contribution in [3.63, 3.8) is 0 Å². The number of nitrogens with zero attached hydrogens (tertiary/aromatic N) is 6. The molecule has 4 rings (SSSR count). The summed E-state index contributed by atoms with van der Waals surface area (Å²) in [6, 6.07) is 8.74. The summed E-state index contributed by atoms with van der Waals surface area (Å²) in [5, 5.41) is 13.7. The van der Waals surface area contributed by atoms with Gasteiger partial charge in [0.1, 0.15) is 5.82 Å². The molecule has 30 heavy (non-hydrogen) atoms. The third kappa shape index (κ3) is 4.34. The molecule has 0 saturated carbocycles. The maximum atomic E-state index is 13.1. The van der Waals surface area contributed by atoms with Gasteiger partial charge in [-0.3, -0.25) is 9.78 Å². The third-order valence-electron chi connectivity index (χ3n) is 5.10. The molecule has 3 aromatic heterocycles. The van der Waals surface area contributed by atoms with Gasteiger partial charge in [0.25, 0.3) is 5.82 Å². The summed E-state index contributed by atoms with van der Waals surface area (Å²) in [5.41, 5.74) is 0.953. The number of fused-ring (bicyclic) bond motifs is 1. The smallest absolute Gasteiger partial charge is 0.355 e. The number of hydrogen-bond donors (Lipinski definition) is 1. The molecule has 8 nitrogen and oxygen atoms in total. The molecule has 0 spiro atoms. The molecule has 1 N–H and O–H groups in total. The van der Waals surface area contributed by atoms with Crippen LogP contribution in [-0.2, 0) is 17.4 Å². The van der Waals surface area contributed by atoms with Crippen molar-refractivity contribution in [1.82, 2.24) is 30.1 Å². The number of carbonyl (C=O) groups is 1. The standard InChI is InChI=1S/C19H20F3N7O/c20-19(21,22)18-26-25-15-4-5-16(27-29(15)18)28-11-7-13(8-12-28)17(30)24-10-6-14-3-1-2-9-23-14/h1-5,9,13H,6-8,10-12H2,(H,24,30). The predicted octanol–water partition coefficient (Wildman–Crippen LogP) is 2.11. The van der Waals surface area contributed by atoms with E-state index in [9.17, 15) is 18.0 Å². The summed E-state index contributed by atoms with van der Waals surface area (Å²) in [7, 11) is 0. The Morgan fingerprint density at radius 1 is 1.13 bits per heavy atom. The van der Waals surface area contributed by atoms with Crippen molar-refractivity contribution >= 4 is 17.4 Å². The monoisotopic (exact) mass is 419 g/mol. The van der Waals surface area contributed by atoms with Crippen LogP contribution in [0.1, 0.15) is 24.4 Å². The quantitative estimate of drug-likeness (QED) is 0.682. The number of alkyl halides is 3. The Balaban J connectivity index is 1.33. The molecule has 1 saturated heterocycles. The fourth-order valence-corrected chi connectivity index (χ4v) is 3.50. The zero-order chi connectivity index (χ0) is 21.1. The number of halogens is 3. The summed E-state index contributed by atoms with van der Waals surface area (Å²) in [6.45, 7) is 1.57. The highest BCUT2D eigenvalue weighted by Crippen LogP contribution is 2.28. The molecule has 3 aromatic rings. The highest BCUT2D eigenvalue weighted by Gasteiger charge is 2.38. The fourth-order valence-electron chi connectivity index (χ4n) is 3.50. The van der Waals surface area contributed by atoms with Gasteiger partial charge in [-0.25, -0.2) is 0 Å². The van der Waals surface area contributed by atoms with E-state index in [0.29, 0.717) is 49.2 Å². The lowest BCUT2D eigenvalue weighted by molar-refractivity contribution is -0.146. The van der Waals surface area contributed by atoms with E-state index < -0.39 is 12.0 Å². The molecule has 0 atom stereocenters. The summed E-state index contributed by atoms with van der Waals surface area (Å²) in [4.78, 5) is 18.5. The van der Waals surface area contributed by atoms with Crippen molar-refractivity contribution in [3.8, 4) is 0 Å². The van der Waals surface area contributed by atoms with Crippen molar-refractivity contribution in [2.75, 3.05) is 24.5 Å². The molecular formula is C19H20F3N7O. The average Bonchev–Trinajstić information content (AvgIpc) is 3.18. The Morgan fingerprint density at radius 2 is 1.93 bits per heavy atom. The van der Waals surface area contributed by atoms with E-state index in [1.807, 2.05) is 23.1 Å². The first-order valence-corrected chi connectivity index (χ1v) is 9.64. The van der Waals surface area contributed by atoms with Gasteiger partial charge in [0, 0.05) is 43.9 Å². The molecule has 0 unspecified atom stereocenters. The third-order valence-corrected chi connectivity index (χ3v) is 5.10. The van der Waals surface area contributed by atoms with Crippen molar-refractivity contribution in [2.45, 2.75) is 25.4 Å². The topological polar surface area (TPSA) is 88.3 Å². The maximum Gasteiger partial charge on any atom is 0.453 e. The van der Waals surface area contributed by atoms with E-state index in [-0.39, 0.29) is 17.5 Å². The Hall–Kier alpha value is -3.24. The molecule has 0 aromatic carbocycles. The SMILES string of the molecule is O=C(NCCc1ccccn1)C1CCN(c2ccc3nnc(C(F)(F)F)n3n2)CC1. The van der Waals surface area contributed by atoms with E-state index in [2.05, 4.69) is 25.6 Å². The van der Waals surface area contributed by atoms with Crippen LogP contribution in [0.2, 0.25) is 0 Å². The number of pyridine rings is 1. The number of carbonyl (C=O) groups excluding carboxylic acids is 1. The second kappa shape index (κ2) is 8.25. The van der Waals surface area contributed by atoms with E-state index in [1.165, 1.54) is 6.07 Å². The number of hydrogen-bond acceptors (Lipinski definition) is 6. The van der Waals surface area contributed by atoms with Crippen LogP contribution in [0.3, 0.4) is 0 Å². The minimum absolute atomic E-state index is 0.00726. The predicted molar refractivity (Wildman–Crippen MR) is 102 cm³/mol. The molecule has 1 aliphatic rings. The normalized spacial score (nSPS) is 15.5. The molecule has 0 bridgehead atoms. The first-order chi connectivity index (χ1) is 14.4. The van der Waals surface area contributed by atoms with Gasteiger partial charge in [0.2, 0.25) is 5.91 Å². The van der Waals surface area contributed by atoms with Crippen LogP contribution in [0.4, 0.5) is 19.0 Å². The van der Waals surface area contributed by atoms with Crippen LogP contribution in [0.5, 0.6) is 0 Å². The number of anilines is 1. The van der Waals surface area contributed by atoms with Crippen molar-refractivity contribution < 1.29 is 18.0 Å². The van der Waals surface area contributed by atoms with Gasteiger partial charge < -0.3 is 10.2 Å². The number of rotatable bonds is 5. The minimum Gasteiger partial charge on any atom is -0.355 e. The van der Waals surface area contributed by atoms with Crippen LogP contribution in [-0.4, -0.2) is 50.3 Å². The first kappa shape index (κ1) is 20.0. The fraction of sp³-hybridized carbons (Fsp3) is 0.421. The summed E-state index contributed by atoms with van der Waals surface area (Å²) < 4.78 is 39.9. The molecule has 4 heterocycles. The lowest BCUT2D eigenvalue weighted by Crippen LogP contribution is -2.41. The lowest BCUT2D eigenvalue weighted by atomic mass is 9.96. The Morgan fingerprint density at radius 3 is 2.63 bits per heavy atom. The minimum atomic E-state index is -4.63. The van der Waals surface area contributed by atoms with E-state index >= 15 is 0 Å². The van der Waals surface area contributed by atoms with Gasteiger partial charge in [-0.15, -0.1) is 15.3 Å². The molecular weight excluding hydrogens is 399 g/mol. The van der Waals surface area contributed by atoms with Crippen LogP contribution in [0.15, 0.2) is 36.5 Å². The molecule has 1 amide bonds. The molecule has 0 radical (unpaired) electrons. The van der Waals surface area contributed by atoms with E-state index in [1.54, 1.807) is 12.3 Å². The van der Waals surface area contributed by atoms with E-state index in [0.717, 1.165) is 5.69 Å². The largest absolute Gasteiger partial charge is 0.453 e. The first-order valence-electron chi connectivity index (χ1n) is 9.64. The lowest BCUT2D eigenvalue weighted by Gasteiger charge is -2.32. The van der Waals surface area contributed by atoms with Crippen molar-refractivity contribution in [3.05, 3.63) is 48.0 Å². The van der Waals surface area contributed by atoms with Gasteiger partial charge in [0.05, 0.1) is 0 Å². The van der Waals surface area contributed by atoms with Crippen LogP contribution in [0.25, 0.3) is 5.65 Å². The van der Waals surface area contributed by atoms with Gasteiger partial charge >= 0.3 is 6.18 Å². The van der Waals surface area contributed by atoms with E-state index in [4.69, 9.17) is 0 Å². The van der Waals surface area contributed by atoms with Crippen LogP contribution in [0, 0.1) is 5.92 Å². The summed E-state index contributed by atoms with van der Waals surface area (Å²) in [6.07, 6.45) is -1.05. The zero-order valence-electron chi connectivity index (χ0n) is 16.0. The zero-order valence-corrected chi connectivity index (χ0v) is 16.0. The Bertz CT molecular complexity index is 1010. The second-order valence-electron chi connectivity index (χ2n) is 7.11. The average molecular weight is 419 g/mol. The number of amides is 1. The van der Waals surface area contributed by atoms with Gasteiger partial charge in [-0.05, 0) is 37.1 Å². The summed E-state index contributed by atoms with van der Waals surface area (Å²) >= 11 is 0. The highest BCUT2D eigenvalue weighted by molar-refractivity contribution is 5.79.